The molecule has 0 amide bonds. The third-order valence-corrected chi connectivity index (χ3v) is 2.78. The molecule has 0 radical (unpaired) electrons. The Hall–Kier alpha value is -1.12. The lowest BCUT2D eigenvalue weighted by atomic mass is 10.1. The number of hydrogen-bond donors (Lipinski definition) is 0. The molecule has 1 aromatic carbocycles. The molecule has 0 aliphatic heterocycles. The van der Waals surface area contributed by atoms with Gasteiger partial charge in [-0.05, 0) is 18.6 Å². The van der Waals surface area contributed by atoms with Crippen LogP contribution in [0.15, 0.2) is 30.6 Å². The molecule has 0 spiro atoms. The number of rotatable bonds is 1. The molecule has 76 valence electrons. The number of halogens is 2. The summed E-state index contributed by atoms with van der Waals surface area (Å²) < 4.78 is 0. The van der Waals surface area contributed by atoms with E-state index in [0.717, 1.165) is 11.1 Å². The first-order valence-electron chi connectivity index (χ1n) is 4.41. The first kappa shape index (κ1) is 10.4. The molecule has 2 aromatic rings. The van der Waals surface area contributed by atoms with Crippen molar-refractivity contribution < 1.29 is 0 Å². The van der Waals surface area contributed by atoms with Gasteiger partial charge in [-0.25, -0.2) is 4.98 Å². The summed E-state index contributed by atoms with van der Waals surface area (Å²) in [7, 11) is 0. The smallest absolute Gasteiger partial charge is 0.155 e. The molecule has 4 heteroatoms. The van der Waals surface area contributed by atoms with Crippen LogP contribution in [-0.2, 0) is 0 Å². The van der Waals surface area contributed by atoms with Gasteiger partial charge in [-0.15, -0.1) is 0 Å². The van der Waals surface area contributed by atoms with E-state index in [9.17, 15) is 0 Å². The molecule has 2 nitrogen and oxygen atoms in total. The summed E-state index contributed by atoms with van der Waals surface area (Å²) in [6.07, 6.45) is 3.16. The Morgan fingerprint density at radius 1 is 1.07 bits per heavy atom. The second-order valence-corrected chi connectivity index (χ2v) is 3.92. The minimum atomic E-state index is 0.386. The molecule has 2 rings (SSSR count). The van der Waals surface area contributed by atoms with Crippen molar-refractivity contribution in [2.24, 2.45) is 0 Å². The first-order valence-corrected chi connectivity index (χ1v) is 5.17. The van der Waals surface area contributed by atoms with Crippen molar-refractivity contribution in [2.45, 2.75) is 6.92 Å². The van der Waals surface area contributed by atoms with Crippen LogP contribution in [0.25, 0.3) is 11.3 Å². The Morgan fingerprint density at radius 3 is 2.47 bits per heavy atom. The lowest BCUT2D eigenvalue weighted by molar-refractivity contribution is 1.20. The highest BCUT2D eigenvalue weighted by Crippen LogP contribution is 2.27. The van der Waals surface area contributed by atoms with E-state index < -0.39 is 0 Å². The standard InChI is InChI=1S/C11H8Cl2N2/c1-7-2-3-8(6-9(7)12)10-11(13)15-5-4-14-10/h2-6H,1H3. The number of aryl methyl sites for hydroxylation is 1. The van der Waals surface area contributed by atoms with E-state index in [1.807, 2.05) is 25.1 Å². The molecule has 0 fully saturated rings. The highest BCUT2D eigenvalue weighted by Gasteiger charge is 2.06. The number of hydrogen-bond acceptors (Lipinski definition) is 2. The van der Waals surface area contributed by atoms with Gasteiger partial charge in [0.25, 0.3) is 0 Å². The Bertz CT molecular complexity index is 498. The summed E-state index contributed by atoms with van der Waals surface area (Å²) >= 11 is 12.0. The largest absolute Gasteiger partial charge is 0.251 e. The molecule has 0 aliphatic rings. The molecule has 0 saturated heterocycles. The zero-order valence-corrected chi connectivity index (χ0v) is 9.55. The van der Waals surface area contributed by atoms with Gasteiger partial charge in [0.05, 0.1) is 0 Å². The maximum atomic E-state index is 6.02. The lowest BCUT2D eigenvalue weighted by Crippen LogP contribution is -1.87. The van der Waals surface area contributed by atoms with E-state index in [1.54, 1.807) is 12.4 Å². The Balaban J connectivity index is 2.55. The maximum Gasteiger partial charge on any atom is 0.155 e. The normalized spacial score (nSPS) is 10.3. The monoisotopic (exact) mass is 238 g/mol. The predicted molar refractivity (Wildman–Crippen MR) is 62.2 cm³/mol. The van der Waals surface area contributed by atoms with Gasteiger partial charge in [-0.2, -0.15) is 0 Å². The first-order chi connectivity index (χ1) is 7.18. The molecule has 0 unspecified atom stereocenters. The molecule has 0 atom stereocenters. The van der Waals surface area contributed by atoms with Crippen LogP contribution in [0.3, 0.4) is 0 Å². The highest BCUT2D eigenvalue weighted by atomic mass is 35.5. The quantitative estimate of drug-likeness (QED) is 0.757. The fraction of sp³-hybridized carbons (Fsp3) is 0.0909. The summed E-state index contributed by atoms with van der Waals surface area (Å²) in [6.45, 7) is 1.95. The van der Waals surface area contributed by atoms with Gasteiger partial charge in [-0.3, -0.25) is 4.98 Å². The van der Waals surface area contributed by atoms with Crippen LogP contribution in [0.4, 0.5) is 0 Å². The van der Waals surface area contributed by atoms with Gasteiger partial charge in [0.2, 0.25) is 0 Å². The Kier molecular flexibility index (Phi) is 2.89. The third-order valence-electron chi connectivity index (χ3n) is 2.10. The van der Waals surface area contributed by atoms with E-state index in [0.29, 0.717) is 15.9 Å². The van der Waals surface area contributed by atoms with Crippen molar-refractivity contribution >= 4 is 23.2 Å². The molecule has 1 aromatic heterocycles. The van der Waals surface area contributed by atoms with E-state index in [1.165, 1.54) is 0 Å². The summed E-state index contributed by atoms with van der Waals surface area (Å²) in [6, 6.07) is 5.70. The molecule has 0 saturated carbocycles. The highest BCUT2D eigenvalue weighted by molar-refractivity contribution is 6.32. The zero-order valence-electron chi connectivity index (χ0n) is 8.04. The average Bonchev–Trinajstić information content (AvgIpc) is 2.23. The maximum absolute atomic E-state index is 6.02. The van der Waals surface area contributed by atoms with Crippen molar-refractivity contribution in [1.29, 1.82) is 0 Å². The van der Waals surface area contributed by atoms with Crippen LogP contribution in [0.5, 0.6) is 0 Å². The van der Waals surface area contributed by atoms with Crippen molar-refractivity contribution in [3.8, 4) is 11.3 Å². The van der Waals surface area contributed by atoms with Crippen LogP contribution in [0.1, 0.15) is 5.56 Å². The van der Waals surface area contributed by atoms with Crippen LogP contribution in [0, 0.1) is 6.92 Å². The topological polar surface area (TPSA) is 25.8 Å². The van der Waals surface area contributed by atoms with E-state index in [2.05, 4.69) is 9.97 Å². The minimum absolute atomic E-state index is 0.386. The van der Waals surface area contributed by atoms with Crippen LogP contribution >= 0.6 is 23.2 Å². The molecule has 0 bridgehead atoms. The van der Waals surface area contributed by atoms with Gasteiger partial charge < -0.3 is 0 Å². The number of aromatic nitrogens is 2. The van der Waals surface area contributed by atoms with Crippen molar-refractivity contribution in [3.05, 3.63) is 46.3 Å². The van der Waals surface area contributed by atoms with Gasteiger partial charge >= 0.3 is 0 Å². The van der Waals surface area contributed by atoms with Crippen LogP contribution < -0.4 is 0 Å². The van der Waals surface area contributed by atoms with Crippen LogP contribution in [0.2, 0.25) is 10.2 Å². The van der Waals surface area contributed by atoms with Gasteiger partial charge in [0, 0.05) is 23.0 Å². The number of nitrogens with zero attached hydrogens (tertiary/aromatic N) is 2. The summed E-state index contributed by atoms with van der Waals surface area (Å²) in [5.41, 5.74) is 2.56. The van der Waals surface area contributed by atoms with Gasteiger partial charge in [-0.1, -0.05) is 35.3 Å². The summed E-state index contributed by atoms with van der Waals surface area (Å²) in [5, 5.41) is 1.09. The second kappa shape index (κ2) is 4.17. The summed E-state index contributed by atoms with van der Waals surface area (Å²) in [5.74, 6) is 0. The summed E-state index contributed by atoms with van der Waals surface area (Å²) in [4.78, 5) is 8.13. The van der Waals surface area contributed by atoms with Gasteiger partial charge in [0.1, 0.15) is 5.69 Å². The van der Waals surface area contributed by atoms with E-state index in [4.69, 9.17) is 23.2 Å². The Labute approximate surface area is 97.9 Å². The fourth-order valence-electron chi connectivity index (χ4n) is 1.25. The molecule has 0 N–H and O–H groups in total. The molecule has 1 heterocycles. The average molecular weight is 239 g/mol. The van der Waals surface area contributed by atoms with Crippen molar-refractivity contribution in [3.63, 3.8) is 0 Å². The van der Waals surface area contributed by atoms with E-state index in [-0.39, 0.29) is 0 Å². The van der Waals surface area contributed by atoms with Crippen LogP contribution in [-0.4, -0.2) is 9.97 Å². The third kappa shape index (κ3) is 2.11. The molecular formula is C11H8Cl2N2. The number of benzene rings is 1. The molecule has 15 heavy (non-hydrogen) atoms. The molecular weight excluding hydrogens is 231 g/mol. The van der Waals surface area contributed by atoms with E-state index >= 15 is 0 Å². The minimum Gasteiger partial charge on any atom is -0.251 e. The van der Waals surface area contributed by atoms with Gasteiger partial charge in [0.15, 0.2) is 5.15 Å². The second-order valence-electron chi connectivity index (χ2n) is 3.16. The lowest BCUT2D eigenvalue weighted by Gasteiger charge is -2.04. The van der Waals surface area contributed by atoms with Crippen molar-refractivity contribution in [1.82, 2.24) is 9.97 Å². The SMILES string of the molecule is Cc1ccc(-c2nccnc2Cl)cc1Cl. The Morgan fingerprint density at radius 2 is 1.80 bits per heavy atom. The molecule has 0 aliphatic carbocycles. The predicted octanol–water partition coefficient (Wildman–Crippen LogP) is 3.76. The fourth-order valence-corrected chi connectivity index (χ4v) is 1.65. The van der Waals surface area contributed by atoms with Crippen molar-refractivity contribution in [2.75, 3.05) is 0 Å². The zero-order chi connectivity index (χ0) is 10.8.